The summed E-state index contributed by atoms with van der Waals surface area (Å²) in [6.07, 6.45) is -5.51. The fourth-order valence-electron chi connectivity index (χ4n) is 1.07. The number of carbonyl (C=O) groups is 1. The smallest absolute Gasteiger partial charge is 0.392 e. The van der Waals surface area contributed by atoms with E-state index in [2.05, 4.69) is 4.74 Å². The van der Waals surface area contributed by atoms with E-state index in [1.54, 1.807) is 18.2 Å². The van der Waals surface area contributed by atoms with Gasteiger partial charge in [0, 0.05) is 11.8 Å². The lowest BCUT2D eigenvalue weighted by Crippen LogP contribution is -2.19. The van der Waals surface area contributed by atoms with Crippen molar-refractivity contribution in [2.24, 2.45) is 0 Å². The summed E-state index contributed by atoms with van der Waals surface area (Å²) in [6.45, 7) is -1.16. The Labute approximate surface area is 101 Å². The number of anilines is 1. The molecule has 7 heteroatoms. The highest BCUT2D eigenvalue weighted by Gasteiger charge is 2.27. The third-order valence-electron chi connectivity index (χ3n) is 1.86. The van der Waals surface area contributed by atoms with E-state index in [0.29, 0.717) is 11.4 Å². The third kappa shape index (κ3) is 5.97. The molecule has 1 rings (SSSR count). The van der Waals surface area contributed by atoms with Gasteiger partial charge in [0.2, 0.25) is 0 Å². The van der Waals surface area contributed by atoms with E-state index in [1.165, 1.54) is 6.07 Å². The second-order valence-corrected chi connectivity index (χ2v) is 3.45. The first-order valence-corrected chi connectivity index (χ1v) is 5.07. The molecule has 0 unspecified atom stereocenters. The van der Waals surface area contributed by atoms with Crippen LogP contribution in [0, 0.1) is 0 Å². The van der Waals surface area contributed by atoms with E-state index in [1.807, 2.05) is 0 Å². The summed E-state index contributed by atoms with van der Waals surface area (Å²) >= 11 is 0. The molecule has 0 amide bonds. The number of nitrogens with two attached hydrogens (primary N) is 1. The Hall–Kier alpha value is -1.92. The summed E-state index contributed by atoms with van der Waals surface area (Å²) in [7, 11) is 0. The second kappa shape index (κ2) is 6.13. The number of nitrogen functional groups attached to an aromatic ring is 1. The minimum absolute atomic E-state index is 0.350. The van der Waals surface area contributed by atoms with E-state index in [4.69, 9.17) is 10.5 Å². The number of rotatable bonds is 5. The zero-order valence-electron chi connectivity index (χ0n) is 9.37. The molecule has 0 aliphatic heterocycles. The number of esters is 1. The molecule has 0 saturated carbocycles. The van der Waals surface area contributed by atoms with Crippen LogP contribution in [0.25, 0.3) is 0 Å². The number of halogens is 3. The number of benzene rings is 1. The Balaban J connectivity index is 2.25. The topological polar surface area (TPSA) is 61.5 Å². The SMILES string of the molecule is Nc1cccc(OCC(=O)OCCC(F)(F)F)c1. The molecule has 0 fully saturated rings. The molecular weight excluding hydrogens is 251 g/mol. The molecule has 1 aromatic rings. The Morgan fingerprint density at radius 2 is 2.06 bits per heavy atom. The average molecular weight is 263 g/mol. The van der Waals surface area contributed by atoms with Crippen LogP contribution in [0.5, 0.6) is 5.75 Å². The summed E-state index contributed by atoms with van der Waals surface area (Å²) in [4.78, 5) is 11.0. The fraction of sp³-hybridized carbons (Fsp3) is 0.364. The molecule has 0 radical (unpaired) electrons. The van der Waals surface area contributed by atoms with Gasteiger partial charge in [-0.25, -0.2) is 4.79 Å². The van der Waals surface area contributed by atoms with E-state index in [0.717, 1.165) is 0 Å². The van der Waals surface area contributed by atoms with Gasteiger partial charge >= 0.3 is 12.1 Å². The van der Waals surface area contributed by atoms with E-state index < -0.39 is 31.8 Å². The van der Waals surface area contributed by atoms with E-state index in [-0.39, 0.29) is 0 Å². The average Bonchev–Trinajstić information content (AvgIpc) is 2.25. The van der Waals surface area contributed by atoms with Crippen molar-refractivity contribution in [1.29, 1.82) is 0 Å². The summed E-state index contributed by atoms with van der Waals surface area (Å²) in [6, 6.07) is 6.32. The largest absolute Gasteiger partial charge is 0.482 e. The van der Waals surface area contributed by atoms with Crippen LogP contribution >= 0.6 is 0 Å². The molecule has 4 nitrogen and oxygen atoms in total. The van der Waals surface area contributed by atoms with Gasteiger partial charge in [-0.2, -0.15) is 13.2 Å². The molecule has 0 aromatic heterocycles. The maximum absolute atomic E-state index is 11.8. The van der Waals surface area contributed by atoms with Crippen molar-refractivity contribution in [3.05, 3.63) is 24.3 Å². The number of hydrogen-bond acceptors (Lipinski definition) is 4. The van der Waals surface area contributed by atoms with Crippen LogP contribution in [0.3, 0.4) is 0 Å². The Morgan fingerprint density at radius 1 is 1.33 bits per heavy atom. The normalized spacial score (nSPS) is 11.1. The predicted molar refractivity (Wildman–Crippen MR) is 58.0 cm³/mol. The van der Waals surface area contributed by atoms with Crippen LogP contribution < -0.4 is 10.5 Å². The zero-order valence-corrected chi connectivity index (χ0v) is 9.37. The number of hydrogen-bond donors (Lipinski definition) is 1. The Bertz CT molecular complexity index is 407. The van der Waals surface area contributed by atoms with Gasteiger partial charge in [0.15, 0.2) is 6.61 Å². The standard InChI is InChI=1S/C11H12F3NO3/c12-11(13,14)4-5-17-10(16)7-18-9-3-1-2-8(15)6-9/h1-3,6H,4-5,7,15H2. The number of carbonyl (C=O) groups excluding carboxylic acids is 1. The first-order valence-electron chi connectivity index (χ1n) is 5.07. The fourth-order valence-corrected chi connectivity index (χ4v) is 1.07. The molecule has 100 valence electrons. The maximum Gasteiger partial charge on any atom is 0.392 e. The van der Waals surface area contributed by atoms with Crippen LogP contribution in [0.1, 0.15) is 6.42 Å². The number of alkyl halides is 3. The van der Waals surface area contributed by atoms with Crippen molar-refractivity contribution in [2.75, 3.05) is 18.9 Å². The molecule has 0 aliphatic carbocycles. The highest BCUT2D eigenvalue weighted by atomic mass is 19.4. The highest BCUT2D eigenvalue weighted by molar-refractivity contribution is 5.71. The molecular formula is C11H12F3NO3. The summed E-state index contributed by atoms with van der Waals surface area (Å²) in [5.41, 5.74) is 5.93. The highest BCUT2D eigenvalue weighted by Crippen LogP contribution is 2.19. The van der Waals surface area contributed by atoms with E-state index >= 15 is 0 Å². The van der Waals surface area contributed by atoms with Gasteiger partial charge in [0.25, 0.3) is 0 Å². The molecule has 0 spiro atoms. The summed E-state index contributed by atoms with van der Waals surface area (Å²) in [5, 5.41) is 0. The minimum atomic E-state index is -4.34. The van der Waals surface area contributed by atoms with Crippen molar-refractivity contribution in [3.8, 4) is 5.75 Å². The molecule has 2 N–H and O–H groups in total. The van der Waals surface area contributed by atoms with Crippen molar-refractivity contribution >= 4 is 11.7 Å². The van der Waals surface area contributed by atoms with Gasteiger partial charge in [0.05, 0.1) is 6.42 Å². The molecule has 0 atom stereocenters. The molecule has 0 bridgehead atoms. The minimum Gasteiger partial charge on any atom is -0.482 e. The van der Waals surface area contributed by atoms with Gasteiger partial charge in [-0.3, -0.25) is 0 Å². The lowest BCUT2D eigenvalue weighted by atomic mass is 10.3. The van der Waals surface area contributed by atoms with Crippen molar-refractivity contribution < 1.29 is 27.4 Å². The zero-order chi connectivity index (χ0) is 13.6. The quantitative estimate of drug-likeness (QED) is 0.653. The predicted octanol–water partition coefficient (Wildman–Crippen LogP) is 2.14. The lowest BCUT2D eigenvalue weighted by Gasteiger charge is -2.08. The first kappa shape index (κ1) is 14.1. The first-order chi connectivity index (χ1) is 8.37. The summed E-state index contributed by atoms with van der Waals surface area (Å²) < 4.78 is 44.6. The Morgan fingerprint density at radius 3 is 2.67 bits per heavy atom. The van der Waals surface area contributed by atoms with Crippen LogP contribution in [0.4, 0.5) is 18.9 Å². The molecule has 0 saturated heterocycles. The van der Waals surface area contributed by atoms with Gasteiger partial charge < -0.3 is 15.2 Å². The third-order valence-corrected chi connectivity index (χ3v) is 1.86. The molecule has 0 aliphatic rings. The monoisotopic (exact) mass is 263 g/mol. The summed E-state index contributed by atoms with van der Waals surface area (Å²) in [5.74, 6) is -0.510. The van der Waals surface area contributed by atoms with Crippen LogP contribution in [0.15, 0.2) is 24.3 Å². The molecule has 18 heavy (non-hydrogen) atoms. The van der Waals surface area contributed by atoms with Crippen LogP contribution in [-0.4, -0.2) is 25.4 Å². The van der Waals surface area contributed by atoms with E-state index in [9.17, 15) is 18.0 Å². The lowest BCUT2D eigenvalue weighted by molar-refractivity contribution is -0.160. The van der Waals surface area contributed by atoms with Crippen molar-refractivity contribution in [2.45, 2.75) is 12.6 Å². The van der Waals surface area contributed by atoms with Crippen LogP contribution in [-0.2, 0) is 9.53 Å². The van der Waals surface area contributed by atoms with Gasteiger partial charge in [-0.1, -0.05) is 6.07 Å². The second-order valence-electron chi connectivity index (χ2n) is 3.45. The van der Waals surface area contributed by atoms with Gasteiger partial charge in [-0.05, 0) is 12.1 Å². The maximum atomic E-state index is 11.8. The van der Waals surface area contributed by atoms with Crippen LogP contribution in [0.2, 0.25) is 0 Å². The van der Waals surface area contributed by atoms with Gasteiger partial charge in [0.1, 0.15) is 12.4 Å². The van der Waals surface area contributed by atoms with Gasteiger partial charge in [-0.15, -0.1) is 0 Å². The van der Waals surface area contributed by atoms with Crippen molar-refractivity contribution in [3.63, 3.8) is 0 Å². The Kier molecular flexibility index (Phi) is 4.82. The van der Waals surface area contributed by atoms with Crippen molar-refractivity contribution in [1.82, 2.24) is 0 Å². The molecule has 0 heterocycles. The number of ether oxygens (including phenoxy) is 2. The molecule has 1 aromatic carbocycles.